The molecule has 3 rings (SSSR count). The minimum atomic E-state index is 0.176. The molecule has 2 heterocycles. The van der Waals surface area contributed by atoms with Crippen LogP contribution in [0.1, 0.15) is 18.4 Å². The number of benzene rings is 1. The van der Waals surface area contributed by atoms with E-state index in [9.17, 15) is 0 Å². The number of hydrogen-bond donors (Lipinski definition) is 3. The van der Waals surface area contributed by atoms with Crippen LogP contribution in [-0.2, 0) is 0 Å². The van der Waals surface area contributed by atoms with E-state index in [1.807, 2.05) is 19.4 Å². The smallest absolute Gasteiger partial charge is 0.183 e. The second-order valence-electron chi connectivity index (χ2n) is 7.20. The molecule has 0 saturated heterocycles. The third-order valence-electron chi connectivity index (χ3n) is 4.81. The van der Waals surface area contributed by atoms with Gasteiger partial charge in [0.25, 0.3) is 0 Å². The Hall–Kier alpha value is -2.76. The van der Waals surface area contributed by atoms with Gasteiger partial charge in [0.2, 0.25) is 0 Å². The maximum atomic E-state index is 4.89. The molecule has 1 aromatic rings. The molecule has 2 atom stereocenters. The topological polar surface area (TPSA) is 54.7 Å². The molecule has 0 aromatic heterocycles. The van der Waals surface area contributed by atoms with Crippen LogP contribution in [0.5, 0.6) is 0 Å². The lowest BCUT2D eigenvalue weighted by atomic mass is 9.96. The highest BCUT2D eigenvalue weighted by atomic mass is 15.2. The summed E-state index contributed by atoms with van der Waals surface area (Å²) in [5.41, 5.74) is 2.31. The van der Waals surface area contributed by atoms with E-state index in [0.717, 1.165) is 49.6 Å². The average molecular weight is 368 g/mol. The minimum absolute atomic E-state index is 0.176. The fourth-order valence-corrected chi connectivity index (χ4v) is 3.30. The van der Waals surface area contributed by atoms with Crippen molar-refractivity contribution in [2.24, 2.45) is 10.9 Å². The van der Waals surface area contributed by atoms with E-state index >= 15 is 0 Å². The molecule has 3 N–H and O–H groups in total. The monoisotopic (exact) mass is 367 g/mol. The maximum absolute atomic E-state index is 4.89. The van der Waals surface area contributed by atoms with Crippen molar-refractivity contribution in [3.05, 3.63) is 54.5 Å². The first-order chi connectivity index (χ1) is 13.1. The summed E-state index contributed by atoms with van der Waals surface area (Å²) in [7, 11) is 4.00. The number of para-hydroxylation sites is 1. The van der Waals surface area contributed by atoms with Gasteiger partial charge in [0, 0.05) is 43.9 Å². The molecule has 0 aliphatic carbocycles. The molecule has 2 aliphatic heterocycles. The van der Waals surface area contributed by atoms with Gasteiger partial charge in [-0.15, -0.1) is 0 Å². The first kappa shape index (κ1) is 19.0. The molecule has 1 aromatic carbocycles. The van der Waals surface area contributed by atoms with Crippen molar-refractivity contribution in [1.82, 2.24) is 15.5 Å². The molecule has 2 aliphatic rings. The van der Waals surface area contributed by atoms with Gasteiger partial charge in [-0.25, -0.2) is 4.58 Å². The first-order valence-electron chi connectivity index (χ1n) is 9.62. The molecule has 6 nitrogen and oxygen atoms in total. The van der Waals surface area contributed by atoms with Gasteiger partial charge in [-0.05, 0) is 31.2 Å². The highest BCUT2D eigenvalue weighted by Crippen LogP contribution is 2.25. The lowest BCUT2D eigenvalue weighted by Gasteiger charge is -2.35. The molecule has 144 valence electrons. The molecule has 0 fully saturated rings. The van der Waals surface area contributed by atoms with Crippen LogP contribution in [0.2, 0.25) is 0 Å². The van der Waals surface area contributed by atoms with E-state index in [1.54, 1.807) is 4.58 Å². The molecular formula is C21H31N6+. The quantitative estimate of drug-likeness (QED) is 0.392. The van der Waals surface area contributed by atoms with Gasteiger partial charge < -0.3 is 20.9 Å². The molecule has 27 heavy (non-hydrogen) atoms. The molecule has 0 bridgehead atoms. The van der Waals surface area contributed by atoms with Crippen LogP contribution in [0.15, 0.2) is 53.9 Å². The zero-order valence-electron chi connectivity index (χ0n) is 16.4. The average Bonchev–Trinajstić information content (AvgIpc) is 2.70. The van der Waals surface area contributed by atoms with Crippen LogP contribution < -0.4 is 16.0 Å². The summed E-state index contributed by atoms with van der Waals surface area (Å²) in [6.45, 7) is 6.58. The summed E-state index contributed by atoms with van der Waals surface area (Å²) in [4.78, 5) is 7.05. The number of nitrogens with one attached hydrogen (secondary N) is 3. The van der Waals surface area contributed by atoms with Crippen LogP contribution in [0, 0.1) is 5.92 Å². The number of hydrogen-bond acceptors (Lipinski definition) is 4. The number of rotatable bonds is 7. The minimum Gasteiger partial charge on any atom is -0.391 e. The van der Waals surface area contributed by atoms with Crippen LogP contribution in [0.3, 0.4) is 0 Å². The van der Waals surface area contributed by atoms with Crippen molar-refractivity contribution < 1.29 is 4.58 Å². The number of anilines is 1. The van der Waals surface area contributed by atoms with E-state index < -0.39 is 0 Å². The Labute approximate surface area is 162 Å². The molecule has 0 spiro atoms. The van der Waals surface area contributed by atoms with Gasteiger partial charge in [0.05, 0.1) is 6.20 Å². The van der Waals surface area contributed by atoms with Crippen molar-refractivity contribution in [2.75, 3.05) is 39.0 Å². The number of amidine groups is 1. The van der Waals surface area contributed by atoms with Crippen molar-refractivity contribution in [3.8, 4) is 0 Å². The summed E-state index contributed by atoms with van der Waals surface area (Å²) in [6, 6.07) is 8.40. The van der Waals surface area contributed by atoms with Crippen LogP contribution in [0.4, 0.5) is 5.69 Å². The zero-order chi connectivity index (χ0) is 19.1. The Kier molecular flexibility index (Phi) is 6.52. The van der Waals surface area contributed by atoms with E-state index in [4.69, 9.17) is 4.99 Å². The van der Waals surface area contributed by atoms with E-state index in [0.29, 0.717) is 5.92 Å². The van der Waals surface area contributed by atoms with Gasteiger partial charge in [-0.2, -0.15) is 0 Å². The van der Waals surface area contributed by atoms with Crippen molar-refractivity contribution in [3.63, 3.8) is 0 Å². The molecule has 0 amide bonds. The Bertz CT molecular complexity index is 736. The summed E-state index contributed by atoms with van der Waals surface area (Å²) in [5.74, 6) is 1.44. The third-order valence-corrected chi connectivity index (χ3v) is 4.81. The second kappa shape index (κ2) is 9.26. The molecule has 0 saturated carbocycles. The third kappa shape index (κ3) is 5.36. The standard InChI is InChI=1S/C21H31N6/c1-26(2)15-16-27(3)14-6-11-23-21-18-7-4-5-8-19(18)24-20(25-21)17-9-12-22-13-10-17/h4-5,7-9,12,15-17,20,22,24H,1,6,10-11,13-14H2,2-3H3,(H,23,25)/q+1. The van der Waals surface area contributed by atoms with Crippen LogP contribution in [-0.4, -0.2) is 61.9 Å². The summed E-state index contributed by atoms with van der Waals surface area (Å²) in [6.07, 6.45) is 10.6. The fourth-order valence-electron chi connectivity index (χ4n) is 3.30. The second-order valence-corrected chi connectivity index (χ2v) is 7.20. The molecule has 6 heteroatoms. The lowest BCUT2D eigenvalue weighted by molar-refractivity contribution is -0.412. The predicted molar refractivity (Wildman–Crippen MR) is 113 cm³/mol. The summed E-state index contributed by atoms with van der Waals surface area (Å²) < 4.78 is 1.79. The van der Waals surface area contributed by atoms with Gasteiger partial charge in [-0.1, -0.05) is 18.2 Å². The van der Waals surface area contributed by atoms with Crippen LogP contribution in [0.25, 0.3) is 0 Å². The van der Waals surface area contributed by atoms with Crippen molar-refractivity contribution in [2.45, 2.75) is 19.0 Å². The number of nitrogens with zero attached hydrogens (tertiary/aromatic N) is 3. The van der Waals surface area contributed by atoms with Crippen molar-refractivity contribution >= 4 is 18.2 Å². The summed E-state index contributed by atoms with van der Waals surface area (Å²) in [5, 5.41) is 10.5. The first-order valence-corrected chi connectivity index (χ1v) is 9.62. The molecule has 0 radical (unpaired) electrons. The van der Waals surface area contributed by atoms with E-state index in [1.165, 1.54) is 0 Å². The highest BCUT2D eigenvalue weighted by molar-refractivity contribution is 6.05. The molecular weight excluding hydrogens is 336 g/mol. The summed E-state index contributed by atoms with van der Waals surface area (Å²) >= 11 is 0. The zero-order valence-corrected chi connectivity index (χ0v) is 16.4. The van der Waals surface area contributed by atoms with Gasteiger partial charge in [0.15, 0.2) is 6.20 Å². The van der Waals surface area contributed by atoms with Crippen molar-refractivity contribution in [1.29, 1.82) is 0 Å². The number of aliphatic imine (C=N–C) groups is 1. The van der Waals surface area contributed by atoms with E-state index in [-0.39, 0.29) is 6.17 Å². The largest absolute Gasteiger partial charge is 0.391 e. The Balaban J connectivity index is 1.63. The van der Waals surface area contributed by atoms with Gasteiger partial charge in [-0.3, -0.25) is 4.99 Å². The normalized spacial score (nSPS) is 22.7. The van der Waals surface area contributed by atoms with E-state index in [2.05, 4.69) is 71.2 Å². The Morgan fingerprint density at radius 3 is 2.96 bits per heavy atom. The van der Waals surface area contributed by atoms with Gasteiger partial charge >= 0.3 is 0 Å². The maximum Gasteiger partial charge on any atom is 0.183 e. The lowest BCUT2D eigenvalue weighted by Crippen LogP contribution is -2.50. The fraction of sp³-hybridized carbons (Fsp3) is 0.429. The van der Waals surface area contributed by atoms with Crippen LogP contribution >= 0.6 is 0 Å². The highest BCUT2D eigenvalue weighted by Gasteiger charge is 2.27. The number of fused-ring (bicyclic) bond motifs is 1. The SMILES string of the molecule is C=[N+](C)C=CN(C)CCCN=C1NC(C2C=CNCC2)Nc2ccccc21. The predicted octanol–water partition coefficient (Wildman–Crippen LogP) is 2.03. The van der Waals surface area contributed by atoms with Gasteiger partial charge in [0.1, 0.15) is 25.8 Å². The Morgan fingerprint density at radius 1 is 1.33 bits per heavy atom. The Morgan fingerprint density at radius 2 is 2.19 bits per heavy atom. The molecule has 2 unspecified atom stereocenters.